The molecule has 32 heavy (non-hydrogen) atoms. The van der Waals surface area contributed by atoms with Crippen LogP contribution in [0.4, 0.5) is 0 Å². The molecule has 1 aliphatic heterocycles. The van der Waals surface area contributed by atoms with Crippen LogP contribution < -0.4 is 5.32 Å². The standard InChI is InChI=1S/C26H31ClN2O3/c1-20-25(30)28-15-16-29(19-21-10-9-13-23(27)18-21)26(31)24(22-11-5-4-6-12-22)14-7-2-3-8-17-32-20/h2-6,9-13,18,20,24H,7-8,14-17,19H2,1H3,(H,28,30)/b3-2+. The summed E-state index contributed by atoms with van der Waals surface area (Å²) in [4.78, 5) is 27.9. The van der Waals surface area contributed by atoms with Crippen LogP contribution in [-0.4, -0.2) is 42.5 Å². The summed E-state index contributed by atoms with van der Waals surface area (Å²) in [5.41, 5.74) is 1.96. The van der Waals surface area contributed by atoms with Gasteiger partial charge in [-0.15, -0.1) is 0 Å². The average molecular weight is 455 g/mol. The maximum atomic E-state index is 13.8. The molecule has 6 heteroatoms. The number of allylic oxidation sites excluding steroid dienone is 1. The molecule has 2 amide bonds. The highest BCUT2D eigenvalue weighted by Gasteiger charge is 2.26. The van der Waals surface area contributed by atoms with E-state index < -0.39 is 6.10 Å². The fourth-order valence-electron chi connectivity index (χ4n) is 3.81. The van der Waals surface area contributed by atoms with Crippen LogP contribution in [0.25, 0.3) is 0 Å². The fraction of sp³-hybridized carbons (Fsp3) is 0.385. The van der Waals surface area contributed by atoms with E-state index in [0.717, 1.165) is 30.4 Å². The number of carbonyl (C=O) groups excluding carboxylic acids is 2. The smallest absolute Gasteiger partial charge is 0.248 e. The number of rotatable bonds is 3. The summed E-state index contributed by atoms with van der Waals surface area (Å²) in [6.45, 7) is 3.44. The van der Waals surface area contributed by atoms with Crippen LogP contribution in [0.1, 0.15) is 43.2 Å². The molecule has 0 spiro atoms. The number of nitrogens with one attached hydrogen (secondary N) is 1. The lowest BCUT2D eigenvalue weighted by Crippen LogP contribution is -2.42. The summed E-state index contributed by atoms with van der Waals surface area (Å²) in [7, 11) is 0. The van der Waals surface area contributed by atoms with Crippen molar-refractivity contribution in [3.8, 4) is 0 Å². The Hall–Kier alpha value is -2.63. The maximum Gasteiger partial charge on any atom is 0.248 e. The number of carbonyl (C=O) groups is 2. The minimum Gasteiger partial charge on any atom is -0.368 e. The van der Waals surface area contributed by atoms with Crippen LogP contribution in [-0.2, 0) is 20.9 Å². The molecule has 0 radical (unpaired) electrons. The highest BCUT2D eigenvalue weighted by atomic mass is 35.5. The number of hydrogen-bond donors (Lipinski definition) is 1. The van der Waals surface area contributed by atoms with E-state index in [1.54, 1.807) is 6.92 Å². The molecule has 0 aromatic heterocycles. The van der Waals surface area contributed by atoms with Gasteiger partial charge in [-0.3, -0.25) is 9.59 Å². The number of benzene rings is 2. The molecule has 2 aromatic carbocycles. The van der Waals surface area contributed by atoms with Gasteiger partial charge in [0.2, 0.25) is 11.8 Å². The molecule has 5 nitrogen and oxygen atoms in total. The van der Waals surface area contributed by atoms with Crippen LogP contribution >= 0.6 is 11.6 Å². The third kappa shape index (κ3) is 7.21. The normalized spacial score (nSPS) is 22.5. The molecule has 0 saturated carbocycles. The first-order valence-corrected chi connectivity index (χ1v) is 11.5. The summed E-state index contributed by atoms with van der Waals surface area (Å²) in [5, 5.41) is 3.54. The summed E-state index contributed by atoms with van der Waals surface area (Å²) in [6.07, 6.45) is 5.88. The van der Waals surface area contributed by atoms with Crippen molar-refractivity contribution in [2.24, 2.45) is 0 Å². The van der Waals surface area contributed by atoms with Gasteiger partial charge in [0.25, 0.3) is 0 Å². The lowest BCUT2D eigenvalue weighted by Gasteiger charge is -2.28. The third-order valence-electron chi connectivity index (χ3n) is 5.57. The van der Waals surface area contributed by atoms with Gasteiger partial charge in [0.05, 0.1) is 12.5 Å². The Balaban J connectivity index is 1.86. The van der Waals surface area contributed by atoms with E-state index in [4.69, 9.17) is 16.3 Å². The summed E-state index contributed by atoms with van der Waals surface area (Å²) < 4.78 is 5.62. The van der Waals surface area contributed by atoms with E-state index >= 15 is 0 Å². The second-order valence-corrected chi connectivity index (χ2v) is 8.43. The van der Waals surface area contributed by atoms with Crippen LogP contribution in [0, 0.1) is 0 Å². The second kappa shape index (κ2) is 12.4. The van der Waals surface area contributed by atoms with Crippen LogP contribution in [0.3, 0.4) is 0 Å². The highest BCUT2D eigenvalue weighted by Crippen LogP contribution is 2.25. The lowest BCUT2D eigenvalue weighted by atomic mass is 9.92. The van der Waals surface area contributed by atoms with Gasteiger partial charge in [-0.25, -0.2) is 0 Å². The maximum absolute atomic E-state index is 13.8. The molecule has 1 heterocycles. The molecule has 2 unspecified atom stereocenters. The molecular formula is C26H31ClN2O3. The highest BCUT2D eigenvalue weighted by molar-refractivity contribution is 6.30. The Morgan fingerprint density at radius 1 is 1.06 bits per heavy atom. The van der Waals surface area contributed by atoms with Gasteiger partial charge in [0.15, 0.2) is 0 Å². The Labute approximate surface area is 195 Å². The van der Waals surface area contributed by atoms with Crippen molar-refractivity contribution in [1.29, 1.82) is 0 Å². The average Bonchev–Trinajstić information content (AvgIpc) is 2.80. The molecule has 0 saturated heterocycles. The molecule has 170 valence electrons. The van der Waals surface area contributed by atoms with Crippen molar-refractivity contribution in [2.75, 3.05) is 19.7 Å². The first kappa shape index (κ1) is 24.0. The Kier molecular flexibility index (Phi) is 9.32. The number of halogens is 1. The second-order valence-electron chi connectivity index (χ2n) is 7.99. The van der Waals surface area contributed by atoms with E-state index in [1.807, 2.05) is 59.5 Å². The summed E-state index contributed by atoms with van der Waals surface area (Å²) in [5.74, 6) is -0.368. The molecule has 1 aliphatic rings. The zero-order valence-corrected chi connectivity index (χ0v) is 19.3. The SMILES string of the molecule is CC1OCC/C=C/CCC(c2ccccc2)C(=O)N(Cc2cccc(Cl)c2)CCNC1=O. The largest absolute Gasteiger partial charge is 0.368 e. The van der Waals surface area contributed by atoms with Crippen molar-refractivity contribution < 1.29 is 14.3 Å². The zero-order valence-electron chi connectivity index (χ0n) is 18.5. The first-order chi connectivity index (χ1) is 15.5. The van der Waals surface area contributed by atoms with Crippen molar-refractivity contribution in [3.05, 3.63) is 82.9 Å². The van der Waals surface area contributed by atoms with Gasteiger partial charge in [0.1, 0.15) is 6.10 Å². The van der Waals surface area contributed by atoms with E-state index in [9.17, 15) is 9.59 Å². The molecule has 2 aromatic rings. The van der Waals surface area contributed by atoms with Gasteiger partial charge < -0.3 is 15.0 Å². The Morgan fingerprint density at radius 2 is 1.84 bits per heavy atom. The molecular weight excluding hydrogens is 424 g/mol. The predicted octanol–water partition coefficient (Wildman–Crippen LogP) is 4.71. The number of hydrogen-bond acceptors (Lipinski definition) is 3. The van der Waals surface area contributed by atoms with Gasteiger partial charge in [-0.05, 0) is 49.4 Å². The molecule has 3 rings (SSSR count). The molecule has 2 atom stereocenters. The van der Waals surface area contributed by atoms with E-state index in [0.29, 0.717) is 31.3 Å². The van der Waals surface area contributed by atoms with Gasteiger partial charge in [0, 0.05) is 24.7 Å². The van der Waals surface area contributed by atoms with Gasteiger partial charge in [-0.2, -0.15) is 0 Å². The Bertz CT molecular complexity index is 916. The van der Waals surface area contributed by atoms with Crippen LogP contribution in [0.2, 0.25) is 5.02 Å². The lowest BCUT2D eigenvalue weighted by molar-refractivity contribution is -0.135. The van der Waals surface area contributed by atoms with Crippen molar-refractivity contribution in [2.45, 2.75) is 44.8 Å². The summed E-state index contributed by atoms with van der Waals surface area (Å²) in [6, 6.07) is 17.5. The van der Waals surface area contributed by atoms with Crippen LogP contribution in [0.5, 0.6) is 0 Å². The minimum atomic E-state index is -0.525. The predicted molar refractivity (Wildman–Crippen MR) is 127 cm³/mol. The van der Waals surface area contributed by atoms with E-state index in [1.165, 1.54) is 0 Å². The number of ether oxygens (including phenoxy) is 1. The van der Waals surface area contributed by atoms with Crippen LogP contribution in [0.15, 0.2) is 66.7 Å². The van der Waals surface area contributed by atoms with E-state index in [-0.39, 0.29) is 17.7 Å². The van der Waals surface area contributed by atoms with Gasteiger partial charge >= 0.3 is 0 Å². The third-order valence-corrected chi connectivity index (χ3v) is 5.80. The van der Waals surface area contributed by atoms with Crippen molar-refractivity contribution in [3.63, 3.8) is 0 Å². The zero-order chi connectivity index (χ0) is 22.8. The van der Waals surface area contributed by atoms with Crippen molar-refractivity contribution in [1.82, 2.24) is 10.2 Å². The van der Waals surface area contributed by atoms with E-state index in [2.05, 4.69) is 17.5 Å². The first-order valence-electron chi connectivity index (χ1n) is 11.2. The monoisotopic (exact) mass is 454 g/mol. The quantitative estimate of drug-likeness (QED) is 0.683. The molecule has 0 fully saturated rings. The topological polar surface area (TPSA) is 58.6 Å². The summed E-state index contributed by atoms with van der Waals surface area (Å²) >= 11 is 6.17. The number of nitrogens with zero attached hydrogens (tertiary/aromatic N) is 1. The van der Waals surface area contributed by atoms with Crippen molar-refractivity contribution >= 4 is 23.4 Å². The number of amides is 2. The van der Waals surface area contributed by atoms with Gasteiger partial charge in [-0.1, -0.05) is 66.2 Å². The molecule has 0 bridgehead atoms. The Morgan fingerprint density at radius 3 is 2.62 bits per heavy atom. The molecule has 0 aliphatic carbocycles. The minimum absolute atomic E-state index is 0.0537. The molecule has 1 N–H and O–H groups in total. The fourth-order valence-corrected chi connectivity index (χ4v) is 4.02.